The Balaban J connectivity index is 2.02. The molecule has 0 radical (unpaired) electrons. The molecule has 1 aliphatic rings. The second kappa shape index (κ2) is 6.38. The molecule has 1 aliphatic heterocycles. The zero-order valence-electron chi connectivity index (χ0n) is 12.7. The van der Waals surface area contributed by atoms with Crippen LogP contribution in [-0.2, 0) is 9.53 Å². The number of carbonyl (C=O) groups is 1. The van der Waals surface area contributed by atoms with E-state index in [0.29, 0.717) is 11.6 Å². The van der Waals surface area contributed by atoms with Crippen LogP contribution in [0.2, 0.25) is 0 Å². The smallest absolute Gasteiger partial charge is 0.363 e. The molecule has 0 spiro atoms. The van der Waals surface area contributed by atoms with Crippen LogP contribution >= 0.6 is 15.9 Å². The number of ether oxygens (including phenoxy) is 2. The summed E-state index contributed by atoms with van der Waals surface area (Å²) >= 11 is 3.41. The van der Waals surface area contributed by atoms with Crippen LogP contribution in [0.3, 0.4) is 0 Å². The number of hydrogen-bond donors (Lipinski definition) is 0. The highest BCUT2D eigenvalue weighted by atomic mass is 79.9. The number of cyclic esters (lactones) is 1. The lowest BCUT2D eigenvalue weighted by Crippen LogP contribution is -2.06. The third-order valence-corrected chi connectivity index (χ3v) is 3.97. The van der Waals surface area contributed by atoms with Gasteiger partial charge in [0, 0.05) is 15.6 Å². The topological polar surface area (TPSA) is 47.9 Å². The van der Waals surface area contributed by atoms with E-state index < -0.39 is 5.97 Å². The van der Waals surface area contributed by atoms with Crippen molar-refractivity contribution in [3.05, 3.63) is 69.3 Å². The van der Waals surface area contributed by atoms with Crippen LogP contribution in [-0.4, -0.2) is 19.0 Å². The molecule has 23 heavy (non-hydrogen) atoms. The average molecular weight is 372 g/mol. The van der Waals surface area contributed by atoms with Crippen molar-refractivity contribution in [3.63, 3.8) is 0 Å². The summed E-state index contributed by atoms with van der Waals surface area (Å²) in [5.41, 5.74) is 2.81. The zero-order valence-corrected chi connectivity index (χ0v) is 14.3. The predicted octanol–water partition coefficient (Wildman–Crippen LogP) is 4.11. The number of halogens is 1. The molecule has 0 N–H and O–H groups in total. The third-order valence-electron chi connectivity index (χ3n) is 3.48. The summed E-state index contributed by atoms with van der Waals surface area (Å²) in [6.45, 7) is 1.95. The molecular formula is C18H14BrNO3. The lowest BCUT2D eigenvalue weighted by Gasteiger charge is -2.04. The Morgan fingerprint density at radius 1 is 1.22 bits per heavy atom. The molecule has 3 rings (SSSR count). The van der Waals surface area contributed by atoms with Gasteiger partial charge in [-0.05, 0) is 42.8 Å². The van der Waals surface area contributed by atoms with Crippen molar-refractivity contribution < 1.29 is 14.3 Å². The Labute approximate surface area is 142 Å². The molecule has 0 aromatic heterocycles. The largest absolute Gasteiger partial charge is 0.496 e. The molecule has 2 aromatic carbocycles. The molecule has 4 nitrogen and oxygen atoms in total. The summed E-state index contributed by atoms with van der Waals surface area (Å²) in [4.78, 5) is 16.4. The molecule has 5 heteroatoms. The molecule has 0 fully saturated rings. The minimum atomic E-state index is -0.467. The van der Waals surface area contributed by atoms with Crippen molar-refractivity contribution in [2.24, 2.45) is 4.99 Å². The Morgan fingerprint density at radius 2 is 2.00 bits per heavy atom. The summed E-state index contributed by atoms with van der Waals surface area (Å²) in [5, 5.41) is 0. The molecule has 0 amide bonds. The van der Waals surface area contributed by atoms with Gasteiger partial charge in [-0.1, -0.05) is 34.1 Å². The molecule has 1 heterocycles. The summed E-state index contributed by atoms with van der Waals surface area (Å²) in [6.07, 6.45) is 1.66. The minimum absolute atomic E-state index is 0.250. The second-order valence-corrected chi connectivity index (χ2v) is 5.95. The van der Waals surface area contributed by atoms with Gasteiger partial charge in [0.25, 0.3) is 0 Å². The van der Waals surface area contributed by atoms with Gasteiger partial charge in [-0.2, -0.15) is 0 Å². The van der Waals surface area contributed by atoms with Gasteiger partial charge in [-0.25, -0.2) is 9.79 Å². The van der Waals surface area contributed by atoms with E-state index in [9.17, 15) is 4.79 Å². The predicted molar refractivity (Wildman–Crippen MR) is 92.5 cm³/mol. The molecule has 0 bridgehead atoms. The van der Waals surface area contributed by atoms with Crippen LogP contribution in [0.15, 0.2) is 57.6 Å². The fourth-order valence-corrected chi connectivity index (χ4v) is 2.68. The first-order valence-electron chi connectivity index (χ1n) is 7.00. The van der Waals surface area contributed by atoms with Gasteiger partial charge in [-0.15, -0.1) is 0 Å². The second-order valence-electron chi connectivity index (χ2n) is 5.04. The van der Waals surface area contributed by atoms with Crippen LogP contribution < -0.4 is 4.74 Å². The first-order valence-corrected chi connectivity index (χ1v) is 7.80. The van der Waals surface area contributed by atoms with Crippen molar-refractivity contribution >= 4 is 33.9 Å². The number of aryl methyl sites for hydroxylation is 1. The first-order chi connectivity index (χ1) is 11.1. The lowest BCUT2D eigenvalue weighted by molar-refractivity contribution is -0.129. The lowest BCUT2D eigenvalue weighted by atomic mass is 10.1. The van der Waals surface area contributed by atoms with Crippen LogP contribution in [0.25, 0.3) is 6.08 Å². The SMILES string of the molecule is COc1ccc(Br)cc1C=C1N=C(c2ccccc2C)OC1=O. The van der Waals surface area contributed by atoms with Crippen molar-refractivity contribution in [1.29, 1.82) is 0 Å². The average Bonchev–Trinajstić information content (AvgIpc) is 2.89. The molecule has 0 aliphatic carbocycles. The summed E-state index contributed by atoms with van der Waals surface area (Å²) in [6, 6.07) is 13.2. The van der Waals surface area contributed by atoms with Gasteiger partial charge in [0.1, 0.15) is 5.75 Å². The van der Waals surface area contributed by atoms with E-state index in [2.05, 4.69) is 20.9 Å². The van der Waals surface area contributed by atoms with Crippen molar-refractivity contribution in [2.45, 2.75) is 6.92 Å². The monoisotopic (exact) mass is 371 g/mol. The van der Waals surface area contributed by atoms with E-state index in [1.165, 1.54) is 0 Å². The van der Waals surface area contributed by atoms with Gasteiger partial charge in [-0.3, -0.25) is 0 Å². The van der Waals surface area contributed by atoms with Gasteiger partial charge >= 0.3 is 5.97 Å². The Hall–Kier alpha value is -2.40. The van der Waals surface area contributed by atoms with E-state index in [0.717, 1.165) is 21.2 Å². The molecule has 0 unspecified atom stereocenters. The molecule has 0 saturated heterocycles. The van der Waals surface area contributed by atoms with Gasteiger partial charge in [0.2, 0.25) is 5.90 Å². The fourth-order valence-electron chi connectivity index (χ4n) is 2.30. The van der Waals surface area contributed by atoms with Gasteiger partial charge < -0.3 is 9.47 Å². The molecular weight excluding hydrogens is 358 g/mol. The van der Waals surface area contributed by atoms with Crippen LogP contribution in [0.1, 0.15) is 16.7 Å². The number of hydrogen-bond acceptors (Lipinski definition) is 4. The number of benzene rings is 2. The maximum absolute atomic E-state index is 12.1. The Kier molecular flexibility index (Phi) is 4.30. The molecule has 2 aromatic rings. The van der Waals surface area contributed by atoms with Crippen molar-refractivity contribution in [1.82, 2.24) is 0 Å². The number of nitrogens with zero attached hydrogens (tertiary/aromatic N) is 1. The molecule has 116 valence electrons. The fraction of sp³-hybridized carbons (Fsp3) is 0.111. The summed E-state index contributed by atoms with van der Waals surface area (Å²) < 4.78 is 11.5. The van der Waals surface area contributed by atoms with E-state index in [1.807, 2.05) is 49.4 Å². The maximum atomic E-state index is 12.1. The standard InChI is InChI=1S/C18H14BrNO3/c1-11-5-3-4-6-14(11)17-20-15(18(21)23-17)10-12-9-13(19)7-8-16(12)22-2/h3-10H,1-2H3. The number of rotatable bonds is 3. The summed E-state index contributed by atoms with van der Waals surface area (Å²) in [7, 11) is 1.58. The summed E-state index contributed by atoms with van der Waals surface area (Å²) in [5.74, 6) is 0.520. The highest BCUT2D eigenvalue weighted by Crippen LogP contribution is 2.27. The number of carbonyl (C=O) groups excluding carboxylic acids is 1. The van der Waals surface area contributed by atoms with Crippen molar-refractivity contribution in [2.75, 3.05) is 7.11 Å². The van der Waals surface area contributed by atoms with E-state index in [4.69, 9.17) is 9.47 Å². The number of aliphatic imine (C=N–C) groups is 1. The van der Waals surface area contributed by atoms with Crippen LogP contribution in [0.4, 0.5) is 0 Å². The maximum Gasteiger partial charge on any atom is 0.363 e. The number of methoxy groups -OCH3 is 1. The first kappa shape index (κ1) is 15.5. The van der Waals surface area contributed by atoms with Crippen LogP contribution in [0, 0.1) is 6.92 Å². The van der Waals surface area contributed by atoms with E-state index in [-0.39, 0.29) is 5.70 Å². The quantitative estimate of drug-likeness (QED) is 0.602. The minimum Gasteiger partial charge on any atom is -0.496 e. The Morgan fingerprint density at radius 3 is 2.74 bits per heavy atom. The van der Waals surface area contributed by atoms with Crippen molar-refractivity contribution in [3.8, 4) is 5.75 Å². The van der Waals surface area contributed by atoms with Gasteiger partial charge in [0.05, 0.1) is 7.11 Å². The highest BCUT2D eigenvalue weighted by Gasteiger charge is 2.25. The molecule has 0 saturated carbocycles. The number of esters is 1. The Bertz CT molecular complexity index is 840. The molecule has 0 atom stereocenters. The van der Waals surface area contributed by atoms with E-state index in [1.54, 1.807) is 13.2 Å². The third kappa shape index (κ3) is 3.19. The zero-order chi connectivity index (χ0) is 16.4. The normalized spacial score (nSPS) is 15.5. The van der Waals surface area contributed by atoms with E-state index >= 15 is 0 Å². The van der Waals surface area contributed by atoms with Crippen LogP contribution in [0.5, 0.6) is 5.75 Å². The van der Waals surface area contributed by atoms with Gasteiger partial charge in [0.15, 0.2) is 5.70 Å². The highest BCUT2D eigenvalue weighted by molar-refractivity contribution is 9.10.